The summed E-state index contributed by atoms with van der Waals surface area (Å²) in [7, 11) is 0. The lowest BCUT2D eigenvalue weighted by atomic mass is 10.0. The maximum atomic E-state index is 12.4. The number of nitro groups is 1. The monoisotopic (exact) mass is 410 g/mol. The highest BCUT2D eigenvalue weighted by molar-refractivity contribution is 6.21. The van der Waals surface area contributed by atoms with Crippen LogP contribution >= 0.6 is 0 Å². The molecule has 0 spiro atoms. The van der Waals surface area contributed by atoms with E-state index in [1.807, 2.05) is 24.3 Å². The zero-order chi connectivity index (χ0) is 21.8. The van der Waals surface area contributed by atoms with Crippen molar-refractivity contribution < 1.29 is 19.3 Å². The van der Waals surface area contributed by atoms with Crippen molar-refractivity contribution in [2.24, 2.45) is 0 Å². The predicted octanol–water partition coefficient (Wildman–Crippen LogP) is 3.53. The molecule has 0 unspecified atom stereocenters. The Balaban J connectivity index is 1.48. The van der Waals surface area contributed by atoms with Gasteiger partial charge in [0.2, 0.25) is 0 Å². The van der Waals surface area contributed by atoms with Crippen molar-refractivity contribution in [3.63, 3.8) is 0 Å². The fourth-order valence-electron chi connectivity index (χ4n) is 3.16. The lowest BCUT2D eigenvalue weighted by Gasteiger charge is -2.14. The maximum Gasteiger partial charge on any atom is 0.319 e. The molecule has 2 N–H and O–H groups in total. The van der Waals surface area contributed by atoms with Crippen LogP contribution in [-0.4, -0.2) is 40.8 Å². The number of nitrogens with one attached hydrogen (secondary N) is 2. The average molecular weight is 410 g/mol. The van der Waals surface area contributed by atoms with Gasteiger partial charge in [0.25, 0.3) is 17.5 Å². The molecule has 0 aromatic heterocycles. The molecule has 4 amide bonds. The van der Waals surface area contributed by atoms with Crippen LogP contribution in [0.1, 0.15) is 52.5 Å². The number of carbonyl (C=O) groups is 3. The summed E-state index contributed by atoms with van der Waals surface area (Å²) in [5.41, 5.74) is 1.79. The van der Waals surface area contributed by atoms with Crippen LogP contribution in [0.5, 0.6) is 0 Å². The van der Waals surface area contributed by atoms with Gasteiger partial charge in [-0.25, -0.2) is 4.79 Å². The van der Waals surface area contributed by atoms with E-state index in [1.54, 1.807) is 0 Å². The van der Waals surface area contributed by atoms with E-state index >= 15 is 0 Å². The molecule has 9 nitrogen and oxygen atoms in total. The number of hydrogen-bond acceptors (Lipinski definition) is 5. The van der Waals surface area contributed by atoms with E-state index in [2.05, 4.69) is 24.5 Å². The minimum Gasteiger partial charge on any atom is -0.338 e. The topological polar surface area (TPSA) is 122 Å². The Morgan fingerprint density at radius 2 is 1.73 bits per heavy atom. The normalized spacial score (nSPS) is 12.8. The summed E-state index contributed by atoms with van der Waals surface area (Å²) < 4.78 is 0. The van der Waals surface area contributed by atoms with Crippen LogP contribution < -0.4 is 10.6 Å². The minimum atomic E-state index is -0.612. The first kappa shape index (κ1) is 21.0. The van der Waals surface area contributed by atoms with Crippen molar-refractivity contribution in [1.29, 1.82) is 0 Å². The van der Waals surface area contributed by atoms with Crippen LogP contribution in [0.4, 0.5) is 16.2 Å². The molecule has 30 heavy (non-hydrogen) atoms. The zero-order valence-corrected chi connectivity index (χ0v) is 16.7. The summed E-state index contributed by atoms with van der Waals surface area (Å²) in [5.74, 6) is -0.644. The second kappa shape index (κ2) is 8.73. The molecule has 0 saturated carbocycles. The Kier molecular flexibility index (Phi) is 6.10. The number of imide groups is 1. The van der Waals surface area contributed by atoms with E-state index < -0.39 is 16.7 Å². The van der Waals surface area contributed by atoms with Crippen molar-refractivity contribution in [3.05, 3.63) is 69.3 Å². The molecule has 0 radical (unpaired) electrons. The number of urea groups is 1. The highest BCUT2D eigenvalue weighted by Crippen LogP contribution is 2.26. The molecule has 156 valence electrons. The second-order valence-electron chi connectivity index (χ2n) is 7.26. The molecule has 0 fully saturated rings. The predicted molar refractivity (Wildman–Crippen MR) is 111 cm³/mol. The highest BCUT2D eigenvalue weighted by Gasteiger charge is 2.36. The van der Waals surface area contributed by atoms with E-state index in [-0.39, 0.29) is 35.9 Å². The van der Waals surface area contributed by atoms with Gasteiger partial charge in [-0.05, 0) is 36.1 Å². The molecular formula is C21H22N4O5. The van der Waals surface area contributed by atoms with E-state index in [0.717, 1.165) is 11.0 Å². The number of rotatable bonds is 7. The van der Waals surface area contributed by atoms with Gasteiger partial charge in [0, 0.05) is 30.9 Å². The van der Waals surface area contributed by atoms with Crippen molar-refractivity contribution >= 4 is 29.2 Å². The summed E-state index contributed by atoms with van der Waals surface area (Å²) in [4.78, 5) is 48.1. The van der Waals surface area contributed by atoms with Gasteiger partial charge in [-0.3, -0.25) is 24.6 Å². The fourth-order valence-corrected chi connectivity index (χ4v) is 3.16. The number of non-ortho nitro benzene ring substituents is 1. The van der Waals surface area contributed by atoms with E-state index in [9.17, 15) is 24.5 Å². The molecular weight excluding hydrogens is 388 g/mol. The first-order chi connectivity index (χ1) is 14.3. The lowest BCUT2D eigenvalue weighted by Crippen LogP contribution is -2.35. The van der Waals surface area contributed by atoms with Gasteiger partial charge in [0.05, 0.1) is 16.1 Å². The lowest BCUT2D eigenvalue weighted by molar-refractivity contribution is -0.384. The number of nitro benzene ring substituents is 1. The van der Waals surface area contributed by atoms with Gasteiger partial charge in [0.15, 0.2) is 0 Å². The number of benzene rings is 2. The Hall–Kier alpha value is -3.75. The highest BCUT2D eigenvalue weighted by atomic mass is 16.6. The molecule has 0 atom stereocenters. The van der Waals surface area contributed by atoms with Gasteiger partial charge in [-0.1, -0.05) is 26.0 Å². The second-order valence-corrected chi connectivity index (χ2v) is 7.26. The van der Waals surface area contributed by atoms with Crippen LogP contribution in [0, 0.1) is 10.1 Å². The van der Waals surface area contributed by atoms with E-state index in [1.165, 1.54) is 17.7 Å². The van der Waals surface area contributed by atoms with Gasteiger partial charge in [0.1, 0.15) is 0 Å². The maximum absolute atomic E-state index is 12.4. The summed E-state index contributed by atoms with van der Waals surface area (Å²) in [5, 5.41) is 16.3. The van der Waals surface area contributed by atoms with Crippen molar-refractivity contribution in [3.8, 4) is 0 Å². The van der Waals surface area contributed by atoms with E-state index in [4.69, 9.17) is 0 Å². The van der Waals surface area contributed by atoms with Crippen LogP contribution in [0.2, 0.25) is 0 Å². The molecule has 1 heterocycles. The molecule has 0 aliphatic carbocycles. The van der Waals surface area contributed by atoms with Crippen LogP contribution in [0.25, 0.3) is 0 Å². The van der Waals surface area contributed by atoms with Crippen LogP contribution in [0.15, 0.2) is 42.5 Å². The number of fused-ring (bicyclic) bond motifs is 1. The van der Waals surface area contributed by atoms with Gasteiger partial charge >= 0.3 is 6.03 Å². The van der Waals surface area contributed by atoms with Crippen LogP contribution in [-0.2, 0) is 0 Å². The van der Waals surface area contributed by atoms with Gasteiger partial charge < -0.3 is 10.6 Å². The van der Waals surface area contributed by atoms with Crippen molar-refractivity contribution in [2.45, 2.75) is 26.2 Å². The first-order valence-electron chi connectivity index (χ1n) is 9.57. The quantitative estimate of drug-likeness (QED) is 0.313. The van der Waals surface area contributed by atoms with Gasteiger partial charge in [-0.2, -0.15) is 0 Å². The third-order valence-corrected chi connectivity index (χ3v) is 4.84. The smallest absolute Gasteiger partial charge is 0.319 e. The SMILES string of the molecule is CC(C)c1ccc(NC(=O)NCCCN2C(=O)c3ccc([N+](=O)[O-])cc3C2=O)cc1. The molecule has 9 heteroatoms. The van der Waals surface area contributed by atoms with E-state index in [0.29, 0.717) is 18.0 Å². The molecule has 0 bridgehead atoms. The molecule has 2 aromatic carbocycles. The van der Waals surface area contributed by atoms with Gasteiger partial charge in [-0.15, -0.1) is 0 Å². The Labute approximate surface area is 173 Å². The Bertz CT molecular complexity index is 1000. The fraction of sp³-hybridized carbons (Fsp3) is 0.286. The number of carbonyl (C=O) groups excluding carboxylic acids is 3. The van der Waals surface area contributed by atoms with Crippen LogP contribution in [0.3, 0.4) is 0 Å². The number of nitrogens with zero attached hydrogens (tertiary/aromatic N) is 2. The molecule has 0 saturated heterocycles. The van der Waals surface area contributed by atoms with Crippen molar-refractivity contribution in [1.82, 2.24) is 10.2 Å². The molecule has 2 aromatic rings. The average Bonchev–Trinajstić information content (AvgIpc) is 2.95. The summed E-state index contributed by atoms with van der Waals surface area (Å²) >= 11 is 0. The molecule has 1 aliphatic rings. The number of amides is 4. The number of hydrogen-bond donors (Lipinski definition) is 2. The minimum absolute atomic E-state index is 0.0322. The molecule has 3 rings (SSSR count). The summed E-state index contributed by atoms with van der Waals surface area (Å²) in [6.07, 6.45) is 0.354. The standard InChI is InChI=1S/C21H22N4O5/c1-13(2)14-4-6-15(7-5-14)23-21(28)22-10-3-11-24-19(26)17-9-8-16(25(29)30)12-18(17)20(24)27/h4-9,12-13H,3,10-11H2,1-2H3,(H2,22,23,28). The number of anilines is 1. The third kappa shape index (κ3) is 4.45. The zero-order valence-electron chi connectivity index (χ0n) is 16.7. The Morgan fingerprint density at radius 1 is 1.07 bits per heavy atom. The summed E-state index contributed by atoms with van der Waals surface area (Å²) in [6.45, 7) is 4.53. The Morgan fingerprint density at radius 3 is 2.37 bits per heavy atom. The largest absolute Gasteiger partial charge is 0.338 e. The third-order valence-electron chi connectivity index (χ3n) is 4.84. The summed E-state index contributed by atoms with van der Waals surface area (Å²) in [6, 6.07) is 10.8. The molecule has 1 aliphatic heterocycles. The first-order valence-corrected chi connectivity index (χ1v) is 9.57. The van der Waals surface area contributed by atoms with Crippen molar-refractivity contribution in [2.75, 3.05) is 18.4 Å².